The van der Waals surface area contributed by atoms with Gasteiger partial charge < -0.3 is 9.64 Å². The minimum absolute atomic E-state index is 0.0102. The summed E-state index contributed by atoms with van der Waals surface area (Å²) in [4.78, 5) is 19.5. The Labute approximate surface area is 308 Å². The molecule has 9 heteroatoms. The van der Waals surface area contributed by atoms with Crippen molar-refractivity contribution in [3.63, 3.8) is 0 Å². The molecule has 274 valence electrons. The summed E-state index contributed by atoms with van der Waals surface area (Å²) in [5, 5.41) is 1.97. The molecule has 0 amide bonds. The lowest BCUT2D eigenvalue weighted by Crippen LogP contribution is -2.43. The molecule has 2 unspecified atom stereocenters. The topological polar surface area (TPSA) is 54.4 Å². The van der Waals surface area contributed by atoms with Crippen molar-refractivity contribution in [2.75, 3.05) is 37.7 Å². The second-order valence-electron chi connectivity index (χ2n) is 17.1. The predicted octanol–water partition coefficient (Wildman–Crippen LogP) is 9.94. The Balaban J connectivity index is 1.27. The Kier molecular flexibility index (Phi) is 9.31. The second-order valence-corrected chi connectivity index (χ2v) is 22.7. The van der Waals surface area contributed by atoms with E-state index in [0.29, 0.717) is 62.8 Å². The van der Waals surface area contributed by atoms with Crippen molar-refractivity contribution in [2.45, 2.75) is 109 Å². The Morgan fingerprint density at radius 3 is 2.29 bits per heavy atom. The van der Waals surface area contributed by atoms with Gasteiger partial charge in [-0.2, -0.15) is 9.97 Å². The van der Waals surface area contributed by atoms with Crippen LogP contribution in [0.3, 0.4) is 0 Å². The summed E-state index contributed by atoms with van der Waals surface area (Å²) < 4.78 is 39.8. The molecular weight excluding hydrogens is 669 g/mol. The van der Waals surface area contributed by atoms with E-state index >= 15 is 8.78 Å². The van der Waals surface area contributed by atoms with Gasteiger partial charge in [-0.1, -0.05) is 71.7 Å². The molecular formula is C43H53F2N5OSi. The number of pyridine rings is 1. The first kappa shape index (κ1) is 35.4. The molecule has 52 heavy (non-hydrogen) atoms. The molecule has 2 atom stereocenters. The minimum Gasteiger partial charge on any atom is -0.461 e. The largest absolute Gasteiger partial charge is 0.461 e. The van der Waals surface area contributed by atoms with Crippen molar-refractivity contribution in [1.29, 1.82) is 0 Å². The fourth-order valence-corrected chi connectivity index (χ4v) is 16.0. The Bertz CT molecular complexity index is 2030. The van der Waals surface area contributed by atoms with Gasteiger partial charge >= 0.3 is 6.01 Å². The summed E-state index contributed by atoms with van der Waals surface area (Å²) in [6.07, 6.45) is 9.95. The highest BCUT2D eigenvalue weighted by atomic mass is 28.3. The first-order valence-electron chi connectivity index (χ1n) is 19.7. The van der Waals surface area contributed by atoms with Gasteiger partial charge in [-0.15, -0.1) is 5.54 Å². The zero-order valence-corrected chi connectivity index (χ0v) is 32.7. The molecule has 1 saturated carbocycles. The molecule has 2 aromatic heterocycles. The third-order valence-corrected chi connectivity index (χ3v) is 19.6. The molecule has 0 radical (unpaired) electrons. The maximum absolute atomic E-state index is 17.3. The highest BCUT2D eigenvalue weighted by Gasteiger charge is 2.45. The number of fused-ring (bicyclic) bond motifs is 5. The number of benzene rings is 2. The number of halogens is 2. The van der Waals surface area contributed by atoms with E-state index in [4.69, 9.17) is 19.7 Å². The molecule has 0 N–H and O–H groups in total. The van der Waals surface area contributed by atoms with Crippen LogP contribution in [0.1, 0.15) is 92.1 Å². The average Bonchev–Trinajstić information content (AvgIpc) is 3.81. The van der Waals surface area contributed by atoms with E-state index < -0.39 is 19.7 Å². The van der Waals surface area contributed by atoms with E-state index in [1.165, 1.54) is 38.2 Å². The van der Waals surface area contributed by atoms with Crippen LogP contribution in [0.2, 0.25) is 16.6 Å². The fourth-order valence-electron chi connectivity index (χ4n) is 10.8. The molecule has 4 aromatic rings. The number of hydrogen-bond donors (Lipinski definition) is 0. The number of piperidine rings is 1. The van der Waals surface area contributed by atoms with E-state index in [2.05, 4.69) is 62.8 Å². The zero-order valence-electron chi connectivity index (χ0n) is 31.7. The highest BCUT2D eigenvalue weighted by molar-refractivity contribution is 6.90. The first-order valence-corrected chi connectivity index (χ1v) is 22.0. The number of nitrogens with zero attached hydrogens (tertiary/aromatic N) is 5. The third kappa shape index (κ3) is 5.89. The van der Waals surface area contributed by atoms with Gasteiger partial charge in [0.2, 0.25) is 0 Å². The lowest BCUT2D eigenvalue weighted by molar-refractivity contribution is 0.108. The lowest BCUT2D eigenvalue weighted by atomic mass is 9.95. The standard InChI is InChI=1S/C43H53F2N5OSi/c1-27(2)52(28(3)4,29(5)6)21-16-33-36(44)15-14-32-10-7-11-34(37(32)33)39-38(45)40-35(23-46-39)41(49-24-30-12-13-31(22-30)25-49)48-42(47-40)51-26-43-17-8-19-50(43)20-9-18-43/h7,10-11,14-15,23,27-31H,8-9,12-13,17-20,22,24-26H2,1-6H3. The lowest BCUT2D eigenvalue weighted by Gasteiger charge is -2.38. The van der Waals surface area contributed by atoms with Crippen molar-refractivity contribution in [3.05, 3.63) is 53.7 Å². The van der Waals surface area contributed by atoms with E-state index in [9.17, 15) is 0 Å². The van der Waals surface area contributed by atoms with Gasteiger partial charge in [-0.05, 0) is 97.9 Å². The van der Waals surface area contributed by atoms with E-state index in [0.717, 1.165) is 44.4 Å². The second kappa shape index (κ2) is 13.7. The molecule has 3 aliphatic heterocycles. The number of anilines is 1. The van der Waals surface area contributed by atoms with Gasteiger partial charge in [0.15, 0.2) is 5.82 Å². The fraction of sp³-hybridized carbons (Fsp3) is 0.558. The number of ether oxygens (including phenoxy) is 1. The van der Waals surface area contributed by atoms with Gasteiger partial charge in [0.1, 0.15) is 37.5 Å². The minimum atomic E-state index is -2.18. The van der Waals surface area contributed by atoms with Crippen molar-refractivity contribution in [3.8, 4) is 28.7 Å². The van der Waals surface area contributed by atoms with E-state index in [-0.39, 0.29) is 22.8 Å². The van der Waals surface area contributed by atoms with Crippen LogP contribution in [0.25, 0.3) is 32.9 Å². The summed E-state index contributed by atoms with van der Waals surface area (Å²) in [7, 11) is -2.18. The summed E-state index contributed by atoms with van der Waals surface area (Å²) in [5.74, 6) is 4.36. The van der Waals surface area contributed by atoms with Crippen molar-refractivity contribution < 1.29 is 13.5 Å². The first-order chi connectivity index (χ1) is 25.0. The zero-order chi connectivity index (χ0) is 36.4. The number of rotatable bonds is 8. The summed E-state index contributed by atoms with van der Waals surface area (Å²) in [6, 6.07) is 9.10. The van der Waals surface area contributed by atoms with E-state index in [1.807, 2.05) is 18.2 Å². The van der Waals surface area contributed by atoms with Crippen LogP contribution in [0, 0.1) is 34.9 Å². The monoisotopic (exact) mass is 721 g/mol. The van der Waals surface area contributed by atoms with Crippen molar-refractivity contribution in [2.24, 2.45) is 11.8 Å². The Morgan fingerprint density at radius 2 is 1.62 bits per heavy atom. The molecule has 2 bridgehead atoms. The molecule has 8 rings (SSSR count). The van der Waals surface area contributed by atoms with Crippen LogP contribution in [0.4, 0.5) is 14.6 Å². The smallest absolute Gasteiger partial charge is 0.319 e. The van der Waals surface area contributed by atoms with Gasteiger partial charge in [0.25, 0.3) is 0 Å². The summed E-state index contributed by atoms with van der Waals surface area (Å²) in [5.41, 5.74) is 6.04. The summed E-state index contributed by atoms with van der Waals surface area (Å²) in [6.45, 7) is 18.0. The molecule has 3 saturated heterocycles. The van der Waals surface area contributed by atoms with Gasteiger partial charge in [-0.25, -0.2) is 8.78 Å². The highest BCUT2D eigenvalue weighted by Crippen LogP contribution is 2.44. The molecule has 1 aliphatic carbocycles. The summed E-state index contributed by atoms with van der Waals surface area (Å²) >= 11 is 0. The van der Waals surface area contributed by atoms with Crippen LogP contribution in [-0.4, -0.2) is 66.3 Å². The maximum atomic E-state index is 17.3. The average molecular weight is 722 g/mol. The van der Waals surface area contributed by atoms with Crippen LogP contribution >= 0.6 is 0 Å². The maximum Gasteiger partial charge on any atom is 0.319 e. The molecule has 5 heterocycles. The van der Waals surface area contributed by atoms with Crippen LogP contribution in [-0.2, 0) is 0 Å². The van der Waals surface area contributed by atoms with Gasteiger partial charge in [-0.3, -0.25) is 9.88 Å². The van der Waals surface area contributed by atoms with Crippen molar-refractivity contribution in [1.82, 2.24) is 19.9 Å². The Hall–Kier alpha value is -3.61. The molecule has 0 spiro atoms. The Morgan fingerprint density at radius 1 is 0.923 bits per heavy atom. The van der Waals surface area contributed by atoms with E-state index in [1.54, 1.807) is 12.3 Å². The quantitative estimate of drug-likeness (QED) is 0.133. The van der Waals surface area contributed by atoms with Gasteiger partial charge in [0.05, 0.1) is 16.5 Å². The third-order valence-electron chi connectivity index (χ3n) is 13.4. The number of hydrogen-bond acceptors (Lipinski definition) is 6. The van der Waals surface area contributed by atoms with Crippen molar-refractivity contribution >= 4 is 35.6 Å². The predicted molar refractivity (Wildman–Crippen MR) is 209 cm³/mol. The SMILES string of the molecule is CC(C)[Si](C#Cc1c(F)ccc2cccc(-c3ncc4c(N5CC6CCC(C6)C5)nc(OCC56CCCN5CCC6)nc4c3F)c12)(C(C)C)C(C)C. The van der Waals surface area contributed by atoms with Crippen LogP contribution in [0.15, 0.2) is 36.5 Å². The molecule has 4 aliphatic rings. The molecule has 4 fully saturated rings. The molecule has 2 aromatic carbocycles. The van der Waals surface area contributed by atoms with Gasteiger partial charge in [0, 0.05) is 30.2 Å². The van der Waals surface area contributed by atoms with Crippen LogP contribution < -0.4 is 9.64 Å². The normalized spacial score (nSPS) is 21.5. The van der Waals surface area contributed by atoms with Crippen LogP contribution in [0.5, 0.6) is 6.01 Å². The number of aromatic nitrogens is 3. The molecule has 6 nitrogen and oxygen atoms in total.